The van der Waals surface area contributed by atoms with Crippen LogP contribution >= 0.6 is 0 Å². The Kier molecular flexibility index (Phi) is 20.4. The van der Waals surface area contributed by atoms with Gasteiger partial charge in [-0.3, -0.25) is 14.4 Å². The number of rotatable bonds is 9. The number of carbonyl (C=O) groups excluding carboxylic acids is 3. The molecule has 0 aliphatic carbocycles. The van der Waals surface area contributed by atoms with Crippen LogP contribution in [0.4, 0.5) is 92.2 Å². The normalized spacial score (nSPS) is 15.3. The van der Waals surface area contributed by atoms with Gasteiger partial charge in [-0.15, -0.1) is 0 Å². The molecule has 0 aromatic carbocycles. The Labute approximate surface area is 347 Å². The largest absolute Gasteiger partial charge is 0.506 e. The zero-order chi connectivity index (χ0) is 47.6. The molecule has 340 valence electrons. The van der Waals surface area contributed by atoms with Gasteiger partial charge < -0.3 is 15.3 Å². The van der Waals surface area contributed by atoms with Crippen LogP contribution in [0.25, 0.3) is 0 Å². The van der Waals surface area contributed by atoms with Crippen molar-refractivity contribution in [2.45, 2.75) is 116 Å². The molecule has 0 saturated heterocycles. The average molecular weight is 1030 g/mol. The molecule has 58 heavy (non-hydrogen) atoms. The third-order valence-electron chi connectivity index (χ3n) is 6.24. The van der Waals surface area contributed by atoms with Crippen molar-refractivity contribution in [3.63, 3.8) is 0 Å². The summed E-state index contributed by atoms with van der Waals surface area (Å²) in [5.41, 5.74) is -3.97. The van der Waals surface area contributed by atoms with Crippen molar-refractivity contribution in [2.24, 2.45) is 16.2 Å². The van der Waals surface area contributed by atoms with Gasteiger partial charge in [0.05, 0.1) is 0 Å². The van der Waals surface area contributed by atoms with Gasteiger partial charge in [-0.2, -0.15) is 92.2 Å². The van der Waals surface area contributed by atoms with Gasteiger partial charge in [-0.05, 0) is 0 Å². The number of allylic oxidation sites excluding steroid dienone is 6. The first kappa shape index (κ1) is 62.2. The summed E-state index contributed by atoms with van der Waals surface area (Å²) in [6, 6.07) is 0. The molecular formula is C30H33CeF21O6. The minimum absolute atomic E-state index is 0. The number of alkyl halides is 21. The Morgan fingerprint density at radius 3 is 0.534 bits per heavy atom. The molecular weight excluding hydrogens is 995 g/mol. The van der Waals surface area contributed by atoms with Crippen molar-refractivity contribution in [1.82, 2.24) is 0 Å². The number of hydrogen-bond donors (Lipinski definition) is 3. The maximum atomic E-state index is 12.9. The maximum absolute atomic E-state index is 12.9. The van der Waals surface area contributed by atoms with Gasteiger partial charge in [0, 0.05) is 76.2 Å². The number of halogens is 21. The van der Waals surface area contributed by atoms with Crippen LogP contribution in [0.1, 0.15) is 62.3 Å². The molecule has 28 heteroatoms. The van der Waals surface area contributed by atoms with Gasteiger partial charge in [0.2, 0.25) is 0 Å². The maximum Gasteiger partial charge on any atom is 0.460 e. The fraction of sp³-hybridized carbons (Fsp3) is 0.700. The monoisotopic (exact) mass is 1030 g/mol. The number of hydrogen-bond acceptors (Lipinski definition) is 6. The minimum atomic E-state index is -6.57. The Balaban J connectivity index is -0.000000374. The van der Waals surface area contributed by atoms with E-state index in [0.717, 1.165) is 0 Å². The number of aliphatic hydroxyl groups excluding tert-OH is 3. The third-order valence-corrected chi connectivity index (χ3v) is 6.24. The molecule has 0 aromatic rings. The van der Waals surface area contributed by atoms with Crippen molar-refractivity contribution in [1.29, 1.82) is 0 Å². The molecule has 0 atom stereocenters. The van der Waals surface area contributed by atoms with Crippen LogP contribution in [0.15, 0.2) is 35.5 Å². The summed E-state index contributed by atoms with van der Waals surface area (Å²) in [6.45, 7) is 10.9. The molecule has 0 fully saturated rings. The molecule has 6 nitrogen and oxygen atoms in total. The molecule has 0 spiro atoms. The second kappa shape index (κ2) is 19.1. The fourth-order valence-corrected chi connectivity index (χ4v) is 2.31. The van der Waals surface area contributed by atoms with E-state index in [4.69, 9.17) is 15.3 Å². The predicted octanol–water partition coefficient (Wildman–Crippen LogP) is 11.6. The molecule has 0 saturated carbocycles. The molecule has 0 radical (unpaired) electrons. The van der Waals surface area contributed by atoms with Gasteiger partial charge in [0.1, 0.15) is 0 Å². The number of ketones is 3. The van der Waals surface area contributed by atoms with Crippen molar-refractivity contribution < 1.29 is 164 Å². The van der Waals surface area contributed by atoms with E-state index in [1.807, 2.05) is 0 Å². The average Bonchev–Trinajstić information content (AvgIpc) is 2.93. The number of aliphatic hydroxyl groups is 3. The Morgan fingerprint density at radius 2 is 0.448 bits per heavy atom. The minimum Gasteiger partial charge on any atom is -0.506 e. The van der Waals surface area contributed by atoms with Crippen molar-refractivity contribution in [3.8, 4) is 0 Å². The molecule has 0 aliphatic heterocycles. The van der Waals surface area contributed by atoms with Crippen LogP contribution in [-0.2, 0) is 14.4 Å². The molecule has 0 aromatic heterocycles. The predicted molar refractivity (Wildman–Crippen MR) is 153 cm³/mol. The van der Waals surface area contributed by atoms with E-state index >= 15 is 0 Å². The van der Waals surface area contributed by atoms with E-state index in [2.05, 4.69) is 0 Å². The first-order valence-electron chi connectivity index (χ1n) is 14.5. The SMILES string of the molecule is CC(C)(C)C(=O)C=C(O)C(F)(F)C(F)(F)C(F)(F)F.CC(C)(C)C(=O)C=C(O)C(F)(F)C(F)(F)C(F)(F)F.CC(C)(C)C(=O)C=C(O)C(F)(F)C(F)(F)C(F)(F)F.[Ce]. The first-order chi connectivity index (χ1) is 24.1. The fourth-order valence-electron chi connectivity index (χ4n) is 2.31. The van der Waals surface area contributed by atoms with E-state index in [9.17, 15) is 107 Å². The standard InChI is InChI=1S/3C10H11F7O2.Ce/c3*1-7(2,3)5(18)4-6(19)8(11,12)9(13,14)10(15,16)17;/h3*4,19H,1-3H3;. The molecule has 0 aliphatic rings. The van der Waals surface area contributed by atoms with Gasteiger partial charge in [-0.1, -0.05) is 62.3 Å². The van der Waals surface area contributed by atoms with Crippen molar-refractivity contribution >= 4 is 17.3 Å². The van der Waals surface area contributed by atoms with Crippen LogP contribution in [0.5, 0.6) is 0 Å². The van der Waals surface area contributed by atoms with E-state index in [1.165, 1.54) is 62.3 Å². The summed E-state index contributed by atoms with van der Waals surface area (Å²) in [5, 5.41) is 26.2. The second-order valence-corrected chi connectivity index (χ2v) is 14.4. The van der Waals surface area contributed by atoms with Crippen molar-refractivity contribution in [2.75, 3.05) is 0 Å². The molecule has 0 bridgehead atoms. The quantitative estimate of drug-likeness (QED) is 0.121. The zero-order valence-electron chi connectivity index (χ0n) is 30.7. The smallest absolute Gasteiger partial charge is 0.460 e. The van der Waals surface area contributed by atoms with Crippen LogP contribution in [0, 0.1) is 58.0 Å². The first-order valence-corrected chi connectivity index (χ1v) is 14.5. The molecule has 3 N–H and O–H groups in total. The Hall–Kier alpha value is -2.46. The summed E-state index contributed by atoms with van der Waals surface area (Å²) in [7, 11) is 0. The molecule has 0 amide bonds. The van der Waals surface area contributed by atoms with Gasteiger partial charge in [-0.25, -0.2) is 0 Å². The van der Waals surface area contributed by atoms with Gasteiger partial charge in [0.25, 0.3) is 0 Å². The van der Waals surface area contributed by atoms with Gasteiger partial charge in [0.15, 0.2) is 34.6 Å². The topological polar surface area (TPSA) is 112 Å². The van der Waals surface area contributed by atoms with Crippen molar-refractivity contribution in [3.05, 3.63) is 35.5 Å². The molecule has 0 heterocycles. The summed E-state index contributed by atoms with van der Waals surface area (Å²) in [5.74, 6) is -48.8. The van der Waals surface area contributed by atoms with E-state index in [0.29, 0.717) is 0 Å². The summed E-state index contributed by atoms with van der Waals surface area (Å²) >= 11 is 0. The Morgan fingerprint density at radius 1 is 0.328 bits per heavy atom. The van der Waals surface area contributed by atoms with Crippen LogP contribution in [-0.4, -0.2) is 86.7 Å². The number of carbonyl (C=O) groups is 3. The summed E-state index contributed by atoms with van der Waals surface area (Å²) < 4.78 is 259. The van der Waals surface area contributed by atoms with E-state index < -0.39 is 105 Å². The van der Waals surface area contributed by atoms with Crippen LogP contribution in [0.2, 0.25) is 0 Å². The second-order valence-electron chi connectivity index (χ2n) is 14.4. The van der Waals surface area contributed by atoms with Crippen LogP contribution < -0.4 is 0 Å². The third kappa shape index (κ3) is 14.9. The zero-order valence-corrected chi connectivity index (χ0v) is 33.9. The van der Waals surface area contributed by atoms with Gasteiger partial charge >= 0.3 is 54.1 Å². The van der Waals surface area contributed by atoms with E-state index in [1.54, 1.807) is 0 Å². The molecule has 0 rings (SSSR count). The Bertz CT molecular complexity index is 1350. The molecule has 0 unspecified atom stereocenters. The van der Waals surface area contributed by atoms with E-state index in [-0.39, 0.29) is 60.0 Å². The summed E-state index contributed by atoms with van der Waals surface area (Å²) in [6.07, 6.45) is -20.7. The van der Waals surface area contributed by atoms with Crippen LogP contribution in [0.3, 0.4) is 0 Å². The summed E-state index contributed by atoms with van der Waals surface area (Å²) in [4.78, 5) is 33.6.